The largest absolute Gasteiger partial charge is 0.497 e. The van der Waals surface area contributed by atoms with Gasteiger partial charge in [-0.1, -0.05) is 66.2 Å². The van der Waals surface area contributed by atoms with E-state index >= 15 is 0 Å². The maximum atomic E-state index is 12.5. The molecule has 2 atom stereocenters. The zero-order valence-corrected chi connectivity index (χ0v) is 21.4. The number of aryl methyl sites for hydroxylation is 1. The lowest BCUT2D eigenvalue weighted by Gasteiger charge is -2.17. The lowest BCUT2D eigenvalue weighted by atomic mass is 10.0. The minimum atomic E-state index is -0.692. The van der Waals surface area contributed by atoms with Gasteiger partial charge in [0.15, 0.2) is 5.78 Å². The van der Waals surface area contributed by atoms with Gasteiger partial charge in [-0.25, -0.2) is 0 Å². The van der Waals surface area contributed by atoms with E-state index in [0.29, 0.717) is 18.7 Å². The molecule has 1 aliphatic heterocycles. The smallest absolute Gasteiger partial charge is 0.268 e. The van der Waals surface area contributed by atoms with E-state index in [2.05, 4.69) is 22.5 Å². The van der Waals surface area contributed by atoms with Crippen molar-refractivity contribution in [3.05, 3.63) is 102 Å². The number of carbonyl (C=O) groups excluding carboxylic acids is 3. The van der Waals surface area contributed by atoms with E-state index in [1.807, 2.05) is 78.9 Å². The van der Waals surface area contributed by atoms with E-state index < -0.39 is 18.1 Å². The quantitative estimate of drug-likeness (QED) is 0.296. The third-order valence-electron chi connectivity index (χ3n) is 6.05. The van der Waals surface area contributed by atoms with Gasteiger partial charge in [-0.15, -0.1) is 0 Å². The first-order chi connectivity index (χ1) is 18.4. The number of ketones is 1. The molecule has 1 aromatic heterocycles. The second-order valence-electron chi connectivity index (χ2n) is 9.00. The molecule has 1 aliphatic rings. The Morgan fingerprint density at radius 2 is 1.68 bits per heavy atom. The van der Waals surface area contributed by atoms with Crippen LogP contribution in [0.2, 0.25) is 0 Å². The maximum absolute atomic E-state index is 12.5. The number of fused-ring (bicyclic) bond motifs is 1. The van der Waals surface area contributed by atoms with Gasteiger partial charge in [0, 0.05) is 10.9 Å². The number of rotatable bonds is 9. The predicted molar refractivity (Wildman–Crippen MR) is 145 cm³/mol. The number of methoxy groups -OCH3 is 1. The number of nitrogens with one attached hydrogen (secondary N) is 3. The molecule has 1 fully saturated rings. The molecule has 3 aromatic carbocycles. The predicted octanol–water partition coefficient (Wildman–Crippen LogP) is 3.60. The molecule has 1 saturated heterocycles. The summed E-state index contributed by atoms with van der Waals surface area (Å²) in [5.41, 5.74) is 3.42. The molecule has 8 heteroatoms. The minimum Gasteiger partial charge on any atom is -0.497 e. The van der Waals surface area contributed by atoms with Gasteiger partial charge in [-0.2, -0.15) is 0 Å². The van der Waals surface area contributed by atoms with Gasteiger partial charge in [0.2, 0.25) is 5.91 Å². The second kappa shape index (κ2) is 12.7. The van der Waals surface area contributed by atoms with Crippen molar-refractivity contribution in [2.75, 3.05) is 20.3 Å². The maximum Gasteiger partial charge on any atom is 0.268 e. The van der Waals surface area contributed by atoms with Crippen LogP contribution in [0.3, 0.4) is 0 Å². The summed E-state index contributed by atoms with van der Waals surface area (Å²) in [7, 11) is 1.67. The first kappa shape index (κ1) is 26.6. The van der Waals surface area contributed by atoms with Crippen LogP contribution in [0.4, 0.5) is 0 Å². The van der Waals surface area contributed by atoms with Crippen LogP contribution in [0.5, 0.6) is 5.75 Å². The van der Waals surface area contributed by atoms with Crippen molar-refractivity contribution < 1.29 is 23.9 Å². The molecule has 0 saturated carbocycles. The number of amides is 2. The molecule has 2 amide bonds. The molecule has 0 radical (unpaired) electrons. The Kier molecular flexibility index (Phi) is 8.89. The van der Waals surface area contributed by atoms with Crippen molar-refractivity contribution in [3.63, 3.8) is 0 Å². The second-order valence-corrected chi connectivity index (χ2v) is 9.00. The number of hydrogen-bond donors (Lipinski definition) is 3. The normalized spacial score (nSPS) is 14.5. The monoisotopic (exact) mass is 513 g/mol. The van der Waals surface area contributed by atoms with Crippen LogP contribution >= 0.6 is 0 Å². The topological polar surface area (TPSA) is 113 Å². The lowest BCUT2D eigenvalue weighted by Crippen LogP contribution is -2.48. The van der Waals surface area contributed by atoms with Gasteiger partial charge in [-0.3, -0.25) is 14.4 Å². The molecule has 0 bridgehead atoms. The number of epoxide rings is 1. The number of benzene rings is 3. The molecule has 0 spiro atoms. The third-order valence-corrected chi connectivity index (χ3v) is 6.05. The Hall–Kier alpha value is -4.43. The third kappa shape index (κ3) is 7.54. The summed E-state index contributed by atoms with van der Waals surface area (Å²) in [6, 6.07) is 26.0. The van der Waals surface area contributed by atoms with Gasteiger partial charge in [0.05, 0.1) is 26.3 Å². The molecule has 5 rings (SSSR count). The van der Waals surface area contributed by atoms with Gasteiger partial charge in [0.25, 0.3) is 5.91 Å². The van der Waals surface area contributed by atoms with Crippen LogP contribution in [0.25, 0.3) is 10.9 Å². The zero-order valence-electron chi connectivity index (χ0n) is 21.4. The van der Waals surface area contributed by atoms with Gasteiger partial charge < -0.3 is 25.1 Å². The average molecular weight is 514 g/mol. The van der Waals surface area contributed by atoms with Gasteiger partial charge >= 0.3 is 0 Å². The van der Waals surface area contributed by atoms with E-state index in [0.717, 1.165) is 22.2 Å². The number of H-pyrrole nitrogens is 1. The fraction of sp³-hybridized carbons (Fsp3) is 0.233. The number of aromatic nitrogens is 1. The van der Waals surface area contributed by atoms with Crippen molar-refractivity contribution in [2.24, 2.45) is 0 Å². The summed E-state index contributed by atoms with van der Waals surface area (Å²) in [5.74, 6) is -0.0399. The molecule has 4 aromatic rings. The van der Waals surface area contributed by atoms with Crippen LogP contribution < -0.4 is 15.4 Å². The summed E-state index contributed by atoms with van der Waals surface area (Å²) in [6.07, 6.45) is -0.0775. The standard InChI is InChI=1S/C22H21N3O4.C8H10O/c26-20(12-23-22(28)18-11-15-8-4-5-9-16(15)24-18)25-17(21(27)19-13-29-19)10-14-6-2-1-3-7-14;1-7-3-5-8(9-2)6-4-7/h1-9,11,17,19,24H,10,12-13H2,(H,23,28)(H,25,26);3-6H,1-2H3. The van der Waals surface area contributed by atoms with E-state index in [-0.39, 0.29) is 18.2 Å². The molecule has 196 valence electrons. The first-order valence-corrected chi connectivity index (χ1v) is 12.4. The summed E-state index contributed by atoms with van der Waals surface area (Å²) >= 11 is 0. The van der Waals surface area contributed by atoms with Crippen LogP contribution in [0, 0.1) is 6.92 Å². The average Bonchev–Trinajstić information content (AvgIpc) is 3.70. The Balaban J connectivity index is 0.000000317. The Bertz CT molecular complexity index is 1350. The summed E-state index contributed by atoms with van der Waals surface area (Å²) in [6.45, 7) is 2.22. The van der Waals surface area contributed by atoms with E-state index in [9.17, 15) is 14.4 Å². The minimum absolute atomic E-state index is 0.149. The molecule has 8 nitrogen and oxygen atoms in total. The van der Waals surface area contributed by atoms with Gasteiger partial charge in [0.1, 0.15) is 17.5 Å². The summed E-state index contributed by atoms with van der Waals surface area (Å²) < 4.78 is 10.0. The Morgan fingerprint density at radius 3 is 2.34 bits per heavy atom. The highest BCUT2D eigenvalue weighted by Crippen LogP contribution is 2.16. The summed E-state index contributed by atoms with van der Waals surface area (Å²) in [4.78, 5) is 40.2. The molecule has 2 unspecified atom stereocenters. The van der Waals surface area contributed by atoms with Gasteiger partial charge in [-0.05, 0) is 43.2 Å². The molecule has 0 aliphatic carbocycles. The number of hydrogen-bond acceptors (Lipinski definition) is 5. The molecular formula is C30H31N3O5. The number of Topliss-reactive ketones (excluding diaryl/α,β-unsaturated/α-hetero) is 1. The fourth-order valence-electron chi connectivity index (χ4n) is 3.88. The lowest BCUT2D eigenvalue weighted by molar-refractivity contribution is -0.127. The SMILES string of the molecule is COc1ccc(C)cc1.O=C(CNC(=O)c1cc2ccccc2[nH]1)NC(Cc1ccccc1)C(=O)C1CO1. The molecular weight excluding hydrogens is 482 g/mol. The molecule has 38 heavy (non-hydrogen) atoms. The van der Waals surface area contributed by atoms with E-state index in [1.165, 1.54) is 5.56 Å². The van der Waals surface area contributed by atoms with Crippen LogP contribution in [0.15, 0.2) is 84.9 Å². The van der Waals surface area contributed by atoms with Crippen molar-refractivity contribution in [3.8, 4) is 5.75 Å². The van der Waals surface area contributed by atoms with E-state index in [4.69, 9.17) is 9.47 Å². The highest BCUT2D eigenvalue weighted by Gasteiger charge is 2.37. The number of aromatic amines is 1. The highest BCUT2D eigenvalue weighted by atomic mass is 16.6. The summed E-state index contributed by atoms with van der Waals surface area (Å²) in [5, 5.41) is 6.23. The Morgan fingerprint density at radius 1 is 1.00 bits per heavy atom. The number of carbonyl (C=O) groups is 3. The van der Waals surface area contributed by atoms with Crippen molar-refractivity contribution >= 4 is 28.5 Å². The van der Waals surface area contributed by atoms with Crippen molar-refractivity contribution in [2.45, 2.75) is 25.5 Å². The highest BCUT2D eigenvalue weighted by molar-refractivity contribution is 6.00. The fourth-order valence-corrected chi connectivity index (χ4v) is 3.88. The number of ether oxygens (including phenoxy) is 2. The molecule has 2 heterocycles. The van der Waals surface area contributed by atoms with Crippen molar-refractivity contribution in [1.29, 1.82) is 0 Å². The van der Waals surface area contributed by atoms with Crippen molar-refractivity contribution in [1.82, 2.24) is 15.6 Å². The molecule has 3 N–H and O–H groups in total. The van der Waals surface area contributed by atoms with Crippen LogP contribution in [-0.2, 0) is 20.7 Å². The zero-order chi connectivity index (χ0) is 26.9. The first-order valence-electron chi connectivity index (χ1n) is 12.4. The van der Waals surface area contributed by atoms with Crippen LogP contribution in [0.1, 0.15) is 21.6 Å². The van der Waals surface area contributed by atoms with Crippen LogP contribution in [-0.4, -0.2) is 55.0 Å². The Labute approximate surface area is 221 Å². The number of para-hydroxylation sites is 1. The van der Waals surface area contributed by atoms with E-state index in [1.54, 1.807) is 13.2 Å².